The Kier molecular flexibility index (Phi) is 5.84. The van der Waals surface area contributed by atoms with E-state index in [2.05, 4.69) is 20.3 Å². The van der Waals surface area contributed by atoms with Crippen LogP contribution in [0.1, 0.15) is 28.1 Å². The summed E-state index contributed by atoms with van der Waals surface area (Å²) in [6.45, 7) is 5.87. The number of nitrogens with one attached hydrogen (secondary N) is 2. The quantitative estimate of drug-likeness (QED) is 0.687. The normalized spacial score (nSPS) is 10.5. The molecule has 0 aliphatic heterocycles. The molecule has 0 unspecified atom stereocenters. The van der Waals surface area contributed by atoms with E-state index < -0.39 is 0 Å². The second kappa shape index (κ2) is 8.47. The van der Waals surface area contributed by atoms with E-state index in [9.17, 15) is 9.59 Å². The number of aryl methyl sites for hydroxylation is 3. The molecule has 0 radical (unpaired) electrons. The summed E-state index contributed by atoms with van der Waals surface area (Å²) in [6, 6.07) is 9.54. The molecule has 1 aromatic carbocycles. The number of amides is 1. The third-order valence-electron chi connectivity index (χ3n) is 4.28. The number of benzene rings is 1. The number of pyridine rings is 1. The van der Waals surface area contributed by atoms with Crippen LogP contribution in [0.15, 0.2) is 47.5 Å². The van der Waals surface area contributed by atoms with Crippen molar-refractivity contribution < 1.29 is 9.53 Å². The number of rotatable bonds is 6. The lowest BCUT2D eigenvalue weighted by Crippen LogP contribution is -2.28. The number of carbonyl (C=O) groups is 1. The summed E-state index contributed by atoms with van der Waals surface area (Å²) in [6.07, 6.45) is 3.02. The standard InChI is InChI=1S/C21H22N4O3/c1-13-6-4-7-14(2)19(13)28-21-16(8-5-9-22-21)11-24-18(26)10-17-12-23-15(3)25-20(17)27/h4-9,12H,10-11H2,1-3H3,(H,24,26)(H,23,25,27). The molecular weight excluding hydrogens is 356 g/mol. The van der Waals surface area contributed by atoms with Crippen LogP contribution in [-0.4, -0.2) is 20.9 Å². The van der Waals surface area contributed by atoms with Gasteiger partial charge in [0.25, 0.3) is 5.56 Å². The van der Waals surface area contributed by atoms with Crippen LogP contribution >= 0.6 is 0 Å². The second-order valence-electron chi connectivity index (χ2n) is 6.57. The van der Waals surface area contributed by atoms with E-state index in [1.165, 1.54) is 6.20 Å². The molecule has 0 saturated heterocycles. The number of ether oxygens (including phenoxy) is 1. The minimum Gasteiger partial charge on any atom is -0.438 e. The number of hydrogen-bond acceptors (Lipinski definition) is 5. The van der Waals surface area contributed by atoms with E-state index >= 15 is 0 Å². The zero-order valence-corrected chi connectivity index (χ0v) is 16.1. The van der Waals surface area contributed by atoms with Crippen LogP contribution in [0.4, 0.5) is 0 Å². The molecule has 28 heavy (non-hydrogen) atoms. The average molecular weight is 378 g/mol. The molecule has 0 aliphatic rings. The van der Waals surface area contributed by atoms with Crippen molar-refractivity contribution >= 4 is 5.91 Å². The van der Waals surface area contributed by atoms with Gasteiger partial charge >= 0.3 is 0 Å². The third-order valence-corrected chi connectivity index (χ3v) is 4.28. The second-order valence-corrected chi connectivity index (χ2v) is 6.57. The van der Waals surface area contributed by atoms with Gasteiger partial charge in [-0.25, -0.2) is 9.97 Å². The molecule has 2 heterocycles. The Bertz CT molecular complexity index is 1040. The van der Waals surface area contributed by atoms with Crippen molar-refractivity contribution in [3.8, 4) is 11.6 Å². The van der Waals surface area contributed by atoms with Crippen molar-refractivity contribution in [1.82, 2.24) is 20.3 Å². The fraction of sp³-hybridized carbons (Fsp3) is 0.238. The van der Waals surface area contributed by atoms with Crippen molar-refractivity contribution in [2.45, 2.75) is 33.7 Å². The lowest BCUT2D eigenvalue weighted by molar-refractivity contribution is -0.120. The summed E-state index contributed by atoms with van der Waals surface area (Å²) < 4.78 is 6.03. The van der Waals surface area contributed by atoms with Crippen LogP contribution in [0.25, 0.3) is 0 Å². The zero-order chi connectivity index (χ0) is 20.1. The van der Waals surface area contributed by atoms with Crippen LogP contribution in [0.3, 0.4) is 0 Å². The first kappa shape index (κ1) is 19.3. The van der Waals surface area contributed by atoms with Gasteiger partial charge in [-0.3, -0.25) is 9.59 Å². The van der Waals surface area contributed by atoms with Gasteiger partial charge in [-0.2, -0.15) is 0 Å². The first-order chi connectivity index (χ1) is 13.4. The highest BCUT2D eigenvalue weighted by molar-refractivity contribution is 5.78. The topological polar surface area (TPSA) is 97.0 Å². The monoisotopic (exact) mass is 378 g/mol. The SMILES string of the molecule is Cc1ncc(CC(=O)NCc2cccnc2Oc2c(C)cccc2C)c(=O)[nH]1. The summed E-state index contributed by atoms with van der Waals surface area (Å²) in [5, 5.41) is 2.81. The maximum Gasteiger partial charge on any atom is 0.254 e. The lowest BCUT2D eigenvalue weighted by Gasteiger charge is -2.14. The molecule has 1 amide bonds. The van der Waals surface area contributed by atoms with Gasteiger partial charge in [-0.1, -0.05) is 24.3 Å². The number of aromatic nitrogens is 3. The molecule has 0 saturated carbocycles. The van der Waals surface area contributed by atoms with Gasteiger partial charge in [0.1, 0.15) is 11.6 Å². The number of hydrogen-bond donors (Lipinski definition) is 2. The maximum atomic E-state index is 12.2. The molecule has 0 spiro atoms. The van der Waals surface area contributed by atoms with Crippen LogP contribution in [0.2, 0.25) is 0 Å². The molecular formula is C21H22N4O3. The van der Waals surface area contributed by atoms with Crippen molar-refractivity contribution in [2.75, 3.05) is 0 Å². The lowest BCUT2D eigenvalue weighted by atomic mass is 10.1. The molecule has 0 fully saturated rings. The van der Waals surface area contributed by atoms with Crippen LogP contribution in [0.5, 0.6) is 11.6 Å². The minimum absolute atomic E-state index is 0.0457. The Labute approximate surface area is 162 Å². The smallest absolute Gasteiger partial charge is 0.254 e. The molecule has 7 heteroatoms. The molecule has 2 N–H and O–H groups in total. The van der Waals surface area contributed by atoms with Crippen molar-refractivity contribution in [1.29, 1.82) is 0 Å². The number of carbonyl (C=O) groups excluding carboxylic acids is 1. The Morgan fingerprint density at radius 3 is 2.54 bits per heavy atom. The van der Waals surface area contributed by atoms with E-state index in [1.807, 2.05) is 38.1 Å². The predicted molar refractivity (Wildman–Crippen MR) is 105 cm³/mol. The Hall–Kier alpha value is -3.48. The molecule has 0 aliphatic carbocycles. The molecule has 3 rings (SSSR count). The highest BCUT2D eigenvalue weighted by atomic mass is 16.5. The van der Waals surface area contributed by atoms with Crippen LogP contribution < -0.4 is 15.6 Å². The minimum atomic E-state index is -0.303. The number of para-hydroxylation sites is 1. The highest BCUT2D eigenvalue weighted by Crippen LogP contribution is 2.29. The van der Waals surface area contributed by atoms with Gasteiger partial charge in [-0.05, 0) is 38.0 Å². The summed E-state index contributed by atoms with van der Waals surface area (Å²) in [4.78, 5) is 35.0. The number of H-pyrrole nitrogens is 1. The predicted octanol–water partition coefficient (Wildman–Crippen LogP) is 2.74. The molecule has 144 valence electrons. The van der Waals surface area contributed by atoms with Gasteiger partial charge in [-0.15, -0.1) is 0 Å². The number of aromatic amines is 1. The molecule has 0 bridgehead atoms. The summed E-state index contributed by atoms with van der Waals surface area (Å²) in [5.41, 5.74) is 2.78. The van der Waals surface area contributed by atoms with Crippen LogP contribution in [0, 0.1) is 20.8 Å². The van der Waals surface area contributed by atoms with Crippen molar-refractivity contribution in [3.05, 3.63) is 81.2 Å². The van der Waals surface area contributed by atoms with Gasteiger partial charge in [0.2, 0.25) is 11.8 Å². The highest BCUT2D eigenvalue weighted by Gasteiger charge is 2.12. The molecule has 3 aromatic rings. The summed E-state index contributed by atoms with van der Waals surface area (Å²) in [5.74, 6) is 1.43. The third kappa shape index (κ3) is 4.62. The Morgan fingerprint density at radius 1 is 1.07 bits per heavy atom. The summed E-state index contributed by atoms with van der Waals surface area (Å²) in [7, 11) is 0. The van der Waals surface area contributed by atoms with E-state index in [0.717, 1.165) is 22.4 Å². The molecule has 2 aromatic heterocycles. The maximum absolute atomic E-state index is 12.2. The first-order valence-corrected chi connectivity index (χ1v) is 8.93. The van der Waals surface area contributed by atoms with Crippen molar-refractivity contribution in [3.63, 3.8) is 0 Å². The average Bonchev–Trinajstić information content (AvgIpc) is 2.66. The van der Waals surface area contributed by atoms with E-state index in [0.29, 0.717) is 17.3 Å². The molecule has 7 nitrogen and oxygen atoms in total. The van der Waals surface area contributed by atoms with E-state index in [4.69, 9.17) is 4.74 Å². The zero-order valence-electron chi connectivity index (χ0n) is 16.1. The largest absolute Gasteiger partial charge is 0.438 e. The fourth-order valence-electron chi connectivity index (χ4n) is 2.77. The fourth-order valence-corrected chi connectivity index (χ4v) is 2.77. The number of nitrogens with zero attached hydrogens (tertiary/aromatic N) is 2. The van der Waals surface area contributed by atoms with Gasteiger partial charge in [0, 0.05) is 30.1 Å². The molecule has 0 atom stereocenters. The van der Waals surface area contributed by atoms with E-state index in [-0.39, 0.29) is 24.4 Å². The van der Waals surface area contributed by atoms with Gasteiger partial charge in [0.15, 0.2) is 0 Å². The summed E-state index contributed by atoms with van der Waals surface area (Å²) >= 11 is 0. The first-order valence-electron chi connectivity index (χ1n) is 8.93. The Balaban J connectivity index is 1.70. The van der Waals surface area contributed by atoms with Crippen LogP contribution in [-0.2, 0) is 17.8 Å². The Morgan fingerprint density at radius 2 is 1.82 bits per heavy atom. The van der Waals surface area contributed by atoms with Crippen molar-refractivity contribution in [2.24, 2.45) is 0 Å². The van der Waals surface area contributed by atoms with Gasteiger partial charge in [0.05, 0.1) is 6.42 Å². The van der Waals surface area contributed by atoms with E-state index in [1.54, 1.807) is 19.2 Å². The van der Waals surface area contributed by atoms with Gasteiger partial charge < -0.3 is 15.0 Å².